The number of carbonyl (C=O) groups is 2. The fraction of sp³-hybridized carbons (Fsp3) is 0.105. The van der Waals surface area contributed by atoms with Crippen LogP contribution in [0.1, 0.15) is 11.1 Å². The van der Waals surface area contributed by atoms with Crippen molar-refractivity contribution >= 4 is 73.8 Å². The lowest BCUT2D eigenvalue weighted by Crippen LogP contribution is -2.40. The van der Waals surface area contributed by atoms with Gasteiger partial charge in [0.15, 0.2) is 0 Å². The lowest BCUT2D eigenvalue weighted by atomic mass is 10.1. The molecule has 0 atom stereocenters. The zero-order chi connectivity index (χ0) is 20.3. The topological polar surface area (TPSA) is 69.7 Å². The van der Waals surface area contributed by atoms with Crippen LogP contribution in [-0.2, 0) is 16.2 Å². The molecule has 5 nitrogen and oxygen atoms in total. The minimum absolute atomic E-state index is 0.175. The lowest BCUT2D eigenvalue weighted by molar-refractivity contribution is -0.305. The highest BCUT2D eigenvalue weighted by atomic mass is 79.9. The Labute approximate surface area is 184 Å². The van der Waals surface area contributed by atoms with Crippen LogP contribution in [0.25, 0.3) is 6.08 Å². The van der Waals surface area contributed by atoms with Gasteiger partial charge >= 0.3 is 0 Å². The number of aliphatic carboxylic acids is 1. The number of benzene rings is 2. The Morgan fingerprint density at radius 1 is 1.32 bits per heavy atom. The quantitative estimate of drug-likeness (QED) is 0.448. The van der Waals surface area contributed by atoms with Crippen LogP contribution < -0.4 is 9.84 Å². The minimum Gasteiger partial charge on any atom is -0.548 e. The van der Waals surface area contributed by atoms with Gasteiger partial charge in [-0.3, -0.25) is 9.69 Å². The molecule has 0 aromatic heterocycles. The fourth-order valence-electron chi connectivity index (χ4n) is 2.44. The second kappa shape index (κ2) is 9.09. The fourth-order valence-corrected chi connectivity index (χ4v) is 4.26. The van der Waals surface area contributed by atoms with E-state index in [0.29, 0.717) is 21.2 Å². The van der Waals surface area contributed by atoms with E-state index in [9.17, 15) is 14.7 Å². The first-order chi connectivity index (χ1) is 13.3. The summed E-state index contributed by atoms with van der Waals surface area (Å²) in [5.74, 6) is -1.30. The molecule has 28 heavy (non-hydrogen) atoms. The summed E-state index contributed by atoms with van der Waals surface area (Å²) in [5.41, 5.74) is 1.48. The maximum Gasteiger partial charge on any atom is 0.266 e. The van der Waals surface area contributed by atoms with Gasteiger partial charge in [0, 0.05) is 20.6 Å². The molecule has 144 valence electrons. The summed E-state index contributed by atoms with van der Waals surface area (Å²) in [6.45, 7) is -0.315. The van der Waals surface area contributed by atoms with Gasteiger partial charge in [0.05, 0.1) is 17.4 Å². The number of hydrogen-bond donors (Lipinski definition) is 0. The number of carbonyl (C=O) groups excluding carboxylic acids is 2. The van der Waals surface area contributed by atoms with E-state index >= 15 is 0 Å². The molecule has 1 fully saturated rings. The molecule has 1 amide bonds. The first-order valence-corrected chi connectivity index (χ1v) is 10.4. The van der Waals surface area contributed by atoms with Crippen LogP contribution >= 0.6 is 51.5 Å². The Bertz CT molecular complexity index is 996. The Morgan fingerprint density at radius 2 is 2.07 bits per heavy atom. The van der Waals surface area contributed by atoms with Gasteiger partial charge in [-0.15, -0.1) is 0 Å². The van der Waals surface area contributed by atoms with E-state index in [-0.39, 0.29) is 10.9 Å². The van der Waals surface area contributed by atoms with Crippen molar-refractivity contribution in [3.63, 3.8) is 0 Å². The van der Waals surface area contributed by atoms with Gasteiger partial charge in [-0.1, -0.05) is 69.7 Å². The summed E-state index contributed by atoms with van der Waals surface area (Å²) in [6.07, 6.45) is 1.63. The number of halogens is 2. The molecule has 1 saturated heterocycles. The van der Waals surface area contributed by atoms with Gasteiger partial charge in [-0.2, -0.15) is 0 Å². The first-order valence-electron chi connectivity index (χ1n) is 7.96. The first kappa shape index (κ1) is 20.9. The Kier molecular flexibility index (Phi) is 6.77. The van der Waals surface area contributed by atoms with Crippen LogP contribution in [0.4, 0.5) is 0 Å². The maximum atomic E-state index is 12.5. The molecular formula is C19H12BrClNO4S2-. The van der Waals surface area contributed by atoms with Crippen molar-refractivity contribution in [3.8, 4) is 5.75 Å². The molecule has 1 aliphatic heterocycles. The number of carboxylic acid groups (broad SMARTS) is 1. The van der Waals surface area contributed by atoms with Gasteiger partial charge < -0.3 is 14.6 Å². The molecule has 0 saturated carbocycles. The van der Waals surface area contributed by atoms with Crippen LogP contribution in [0, 0.1) is 0 Å². The third-order valence-electron chi connectivity index (χ3n) is 3.76. The van der Waals surface area contributed by atoms with E-state index in [4.69, 9.17) is 28.6 Å². The highest BCUT2D eigenvalue weighted by molar-refractivity contribution is 9.10. The molecule has 0 unspecified atom stereocenters. The molecule has 9 heteroatoms. The van der Waals surface area contributed by atoms with Crippen LogP contribution in [0.3, 0.4) is 0 Å². The molecule has 2 aromatic rings. The van der Waals surface area contributed by atoms with Crippen molar-refractivity contribution in [2.45, 2.75) is 6.61 Å². The van der Waals surface area contributed by atoms with Crippen LogP contribution in [0.2, 0.25) is 5.02 Å². The number of amides is 1. The number of nitrogens with zero attached hydrogens (tertiary/aromatic N) is 1. The summed E-state index contributed by atoms with van der Waals surface area (Å²) in [4.78, 5) is 24.6. The maximum absolute atomic E-state index is 12.5. The molecule has 3 rings (SSSR count). The van der Waals surface area contributed by atoms with Crippen LogP contribution in [0.5, 0.6) is 5.75 Å². The van der Waals surface area contributed by atoms with Crippen LogP contribution in [-0.4, -0.2) is 27.6 Å². The molecule has 0 N–H and O–H groups in total. The smallest absolute Gasteiger partial charge is 0.266 e. The number of thiocarbonyl (C=S) groups is 1. The van der Waals surface area contributed by atoms with E-state index < -0.39 is 18.4 Å². The normalized spacial score (nSPS) is 15.4. The van der Waals surface area contributed by atoms with Crippen LogP contribution in [0.15, 0.2) is 51.8 Å². The van der Waals surface area contributed by atoms with Gasteiger partial charge in [0.1, 0.15) is 16.7 Å². The monoisotopic (exact) mass is 496 g/mol. The van der Waals surface area contributed by atoms with E-state index in [1.807, 2.05) is 24.3 Å². The standard InChI is InChI=1S/C19H13BrClNO4S2/c20-13-5-6-15(26-10-11-3-1-2-4-14(11)21)12(7-13)8-16-18(25)22(9-17(23)24)19(27)28-16/h1-8H,9-10H2,(H,23,24)/p-1/b16-8+. The number of hydrogen-bond acceptors (Lipinski definition) is 6. The van der Waals surface area contributed by atoms with E-state index in [1.165, 1.54) is 0 Å². The predicted molar refractivity (Wildman–Crippen MR) is 115 cm³/mol. The number of carboxylic acids is 1. The van der Waals surface area contributed by atoms with Gasteiger partial charge in [-0.25, -0.2) is 0 Å². The van der Waals surface area contributed by atoms with Gasteiger partial charge in [0.2, 0.25) is 0 Å². The summed E-state index contributed by atoms with van der Waals surface area (Å²) in [7, 11) is 0. The summed E-state index contributed by atoms with van der Waals surface area (Å²) < 4.78 is 6.88. The number of rotatable bonds is 6. The highest BCUT2D eigenvalue weighted by Crippen LogP contribution is 2.35. The minimum atomic E-state index is -1.37. The molecule has 2 aromatic carbocycles. The zero-order valence-corrected chi connectivity index (χ0v) is 18.2. The SMILES string of the molecule is O=C([O-])CN1C(=O)/C(=C\c2cc(Br)ccc2OCc2ccccc2Cl)SC1=S. The second-order valence-corrected chi connectivity index (χ2v) is 8.70. The summed E-state index contributed by atoms with van der Waals surface area (Å²) in [6, 6.07) is 12.8. The molecule has 1 aliphatic rings. The second-order valence-electron chi connectivity index (χ2n) is 5.70. The van der Waals surface area contributed by atoms with Crippen molar-refractivity contribution in [2.24, 2.45) is 0 Å². The van der Waals surface area contributed by atoms with Crippen molar-refractivity contribution < 1.29 is 19.4 Å². The number of ether oxygens (including phenoxy) is 1. The largest absolute Gasteiger partial charge is 0.548 e. The lowest BCUT2D eigenvalue weighted by Gasteiger charge is -2.14. The molecular weight excluding hydrogens is 486 g/mol. The third-order valence-corrected chi connectivity index (χ3v) is 6.00. The van der Waals surface area contributed by atoms with Gasteiger partial charge in [0.25, 0.3) is 5.91 Å². The Morgan fingerprint density at radius 3 is 2.79 bits per heavy atom. The summed E-state index contributed by atoms with van der Waals surface area (Å²) in [5, 5.41) is 11.4. The Hall–Kier alpha value is -1.87. The highest BCUT2D eigenvalue weighted by Gasteiger charge is 2.32. The predicted octanol–water partition coefficient (Wildman–Crippen LogP) is 3.63. The van der Waals surface area contributed by atoms with E-state index in [0.717, 1.165) is 26.7 Å². The van der Waals surface area contributed by atoms with Gasteiger partial charge in [-0.05, 0) is 30.3 Å². The summed E-state index contributed by atoms with van der Waals surface area (Å²) >= 11 is 15.7. The Balaban J connectivity index is 1.86. The van der Waals surface area contributed by atoms with Crippen molar-refractivity contribution in [3.05, 3.63) is 68.0 Å². The van der Waals surface area contributed by atoms with Crippen molar-refractivity contribution in [2.75, 3.05) is 6.54 Å². The average molecular weight is 498 g/mol. The number of thioether (sulfide) groups is 1. The molecule has 0 radical (unpaired) electrons. The van der Waals surface area contributed by atoms with Crippen molar-refractivity contribution in [1.82, 2.24) is 4.90 Å². The third kappa shape index (κ3) is 4.94. The molecule has 1 heterocycles. The zero-order valence-electron chi connectivity index (χ0n) is 14.2. The molecule has 0 spiro atoms. The molecule has 0 aliphatic carbocycles. The van der Waals surface area contributed by atoms with Crippen molar-refractivity contribution in [1.29, 1.82) is 0 Å². The van der Waals surface area contributed by atoms with E-state index in [2.05, 4.69) is 15.9 Å². The average Bonchev–Trinajstić information content (AvgIpc) is 2.89. The molecule has 0 bridgehead atoms. The van der Waals surface area contributed by atoms with E-state index in [1.54, 1.807) is 24.3 Å².